The van der Waals surface area contributed by atoms with Crippen molar-refractivity contribution in [3.63, 3.8) is 0 Å². The molecular weight excluding hydrogens is 668 g/mol. The van der Waals surface area contributed by atoms with Crippen LogP contribution in [0.5, 0.6) is 0 Å². The average molecular weight is 712 g/mol. The fourth-order valence-corrected chi connectivity index (χ4v) is 8.91. The van der Waals surface area contributed by atoms with E-state index in [1.165, 1.54) is 7.11 Å². The number of benzene rings is 1. The lowest BCUT2D eigenvalue weighted by Crippen LogP contribution is -2.57. The Kier molecular flexibility index (Phi) is 9.69. The number of ether oxygens (including phenoxy) is 5. The van der Waals surface area contributed by atoms with Crippen molar-refractivity contribution in [2.24, 2.45) is 29.6 Å². The molecule has 1 aromatic rings. The SMILES string of the molecule is CO[C@H]1CC2C=C[C@H]3[C@H]4O[C@]2(/C(C)=C/[C@@H](C)[C@@H]([C@@H](C)OC(=O)c2ccccc2CBr)OC1=O)[C@@H]3[C@H](O)[C@@H](C)[C@H]4OC(=O)C1=CC=CC1. The highest BCUT2D eigenvalue weighted by molar-refractivity contribution is 9.08. The van der Waals surface area contributed by atoms with E-state index in [9.17, 15) is 19.5 Å². The Labute approximate surface area is 284 Å². The van der Waals surface area contributed by atoms with Gasteiger partial charge in [0.05, 0.1) is 11.7 Å². The van der Waals surface area contributed by atoms with Gasteiger partial charge in [-0.3, -0.25) is 0 Å². The molecule has 2 aliphatic heterocycles. The molecule has 1 saturated heterocycles. The maximum absolute atomic E-state index is 13.7. The second kappa shape index (κ2) is 13.5. The van der Waals surface area contributed by atoms with Crippen molar-refractivity contribution < 1.29 is 43.2 Å². The number of methoxy groups -OCH3 is 1. The zero-order valence-corrected chi connectivity index (χ0v) is 28.9. The number of halogens is 1. The van der Waals surface area contributed by atoms with Crippen LogP contribution >= 0.6 is 15.9 Å². The first-order valence-corrected chi connectivity index (χ1v) is 17.5. The molecule has 0 amide bonds. The van der Waals surface area contributed by atoms with Crippen LogP contribution in [0, 0.1) is 29.6 Å². The first kappa shape index (κ1) is 33.8. The molecule has 12 atom stereocenters. The Morgan fingerprint density at radius 3 is 2.64 bits per heavy atom. The predicted molar refractivity (Wildman–Crippen MR) is 176 cm³/mol. The second-order valence-corrected chi connectivity index (χ2v) is 14.0. The van der Waals surface area contributed by atoms with Gasteiger partial charge in [0, 0.05) is 47.6 Å². The van der Waals surface area contributed by atoms with Gasteiger partial charge in [-0.2, -0.15) is 0 Å². The van der Waals surface area contributed by atoms with Gasteiger partial charge < -0.3 is 28.8 Å². The normalized spacial score (nSPS) is 39.2. The lowest BCUT2D eigenvalue weighted by molar-refractivity contribution is -0.173. The minimum atomic E-state index is -0.991. The monoisotopic (exact) mass is 710 g/mol. The maximum Gasteiger partial charge on any atom is 0.338 e. The van der Waals surface area contributed by atoms with Crippen LogP contribution in [0.15, 0.2) is 71.9 Å². The van der Waals surface area contributed by atoms with Crippen molar-refractivity contribution >= 4 is 33.8 Å². The van der Waals surface area contributed by atoms with Crippen molar-refractivity contribution in [1.29, 1.82) is 0 Å². The standard InChI is InChI=1S/C37H43BrO9/c1-19-16-20(2)37-25(14-15-27-29(37)30(39)21(3)32(33(27)47-37)46-34(40)23-10-6-7-11-23)17-28(43-5)36(42)45-31(19)22(4)44-35(41)26-13-9-8-12-24(26)18-38/h6-10,12-16,19,21-22,25,27-33,39H,11,17-18H2,1-5H3/b20-16+/t19-,21-,22-,25?,27-,28+,29+,30-,31+,32-,33-,37+/m1/s1. The minimum absolute atomic E-state index is 0.203. The Morgan fingerprint density at radius 1 is 1.17 bits per heavy atom. The summed E-state index contributed by atoms with van der Waals surface area (Å²) in [5.74, 6) is -3.14. The van der Waals surface area contributed by atoms with E-state index < -0.39 is 66.1 Å². The summed E-state index contributed by atoms with van der Waals surface area (Å²) >= 11 is 3.43. The molecular formula is C37H43BrO9. The molecule has 0 radical (unpaired) electrons. The molecule has 10 heteroatoms. The molecule has 9 nitrogen and oxygen atoms in total. The fourth-order valence-electron chi connectivity index (χ4n) is 8.42. The van der Waals surface area contributed by atoms with E-state index in [1.807, 2.05) is 57.2 Å². The van der Waals surface area contributed by atoms with Gasteiger partial charge in [-0.05, 0) is 43.9 Å². The third-order valence-electron chi connectivity index (χ3n) is 10.8. The lowest BCUT2D eigenvalue weighted by Gasteiger charge is -2.49. The Balaban J connectivity index is 1.34. The molecule has 0 aromatic heterocycles. The summed E-state index contributed by atoms with van der Waals surface area (Å²) in [4.78, 5) is 40.1. The fraction of sp³-hybridized carbons (Fsp3) is 0.541. The summed E-state index contributed by atoms with van der Waals surface area (Å²) in [7, 11) is 1.47. The molecule has 6 rings (SSSR count). The van der Waals surface area contributed by atoms with Crippen LogP contribution in [0.1, 0.15) is 56.5 Å². The number of aliphatic hydroxyl groups excluding tert-OH is 1. The summed E-state index contributed by atoms with van der Waals surface area (Å²) < 4.78 is 30.9. The number of allylic oxidation sites excluding steroid dienone is 3. The van der Waals surface area contributed by atoms with Crippen LogP contribution in [0.25, 0.3) is 0 Å². The van der Waals surface area contributed by atoms with E-state index in [4.69, 9.17) is 23.7 Å². The first-order chi connectivity index (χ1) is 22.5. The number of cyclic esters (lactones) is 1. The second-order valence-electron chi connectivity index (χ2n) is 13.5. The smallest absolute Gasteiger partial charge is 0.338 e. The third-order valence-corrected chi connectivity index (χ3v) is 11.4. The third kappa shape index (κ3) is 5.85. The summed E-state index contributed by atoms with van der Waals surface area (Å²) in [6, 6.07) is 7.19. The number of carbonyl (C=O) groups is 3. The highest BCUT2D eigenvalue weighted by atomic mass is 79.9. The molecule has 47 heavy (non-hydrogen) atoms. The zero-order chi connectivity index (χ0) is 33.6. The highest BCUT2D eigenvalue weighted by Gasteiger charge is 2.69. The van der Waals surface area contributed by atoms with Crippen LogP contribution in [-0.4, -0.2) is 72.3 Å². The molecule has 1 N–H and O–H groups in total. The molecule has 252 valence electrons. The van der Waals surface area contributed by atoms with Crippen LogP contribution in [0.4, 0.5) is 0 Å². The van der Waals surface area contributed by atoms with Crippen molar-refractivity contribution in [1.82, 2.24) is 0 Å². The van der Waals surface area contributed by atoms with Gasteiger partial charge >= 0.3 is 17.9 Å². The lowest BCUT2D eigenvalue weighted by atomic mass is 9.57. The van der Waals surface area contributed by atoms with Gasteiger partial charge in [0.1, 0.15) is 30.0 Å². The topological polar surface area (TPSA) is 118 Å². The van der Waals surface area contributed by atoms with Crippen molar-refractivity contribution in [2.75, 3.05) is 7.11 Å². The number of hydrogen-bond acceptors (Lipinski definition) is 9. The van der Waals surface area contributed by atoms with Crippen LogP contribution < -0.4 is 0 Å². The Hall–Kier alpha value is -3.05. The number of esters is 3. The van der Waals surface area contributed by atoms with E-state index in [0.29, 0.717) is 22.9 Å². The van der Waals surface area contributed by atoms with Crippen molar-refractivity contribution in [2.45, 2.75) is 88.1 Å². The molecule has 1 saturated carbocycles. The van der Waals surface area contributed by atoms with Gasteiger partial charge in [0.25, 0.3) is 0 Å². The average Bonchev–Trinajstić information content (AvgIpc) is 3.67. The number of hydrogen-bond donors (Lipinski definition) is 1. The molecule has 4 bridgehead atoms. The van der Waals surface area contributed by atoms with E-state index in [2.05, 4.69) is 22.0 Å². The van der Waals surface area contributed by atoms with Gasteiger partial charge in [0.15, 0.2) is 6.10 Å². The summed E-state index contributed by atoms with van der Waals surface area (Å²) in [5, 5.41) is 12.4. The van der Waals surface area contributed by atoms with Crippen LogP contribution in [0.2, 0.25) is 0 Å². The van der Waals surface area contributed by atoms with Gasteiger partial charge in [-0.25, -0.2) is 14.4 Å². The van der Waals surface area contributed by atoms with E-state index in [-0.39, 0.29) is 30.1 Å². The molecule has 3 aliphatic carbocycles. The zero-order valence-electron chi connectivity index (χ0n) is 27.3. The first-order valence-electron chi connectivity index (χ1n) is 16.4. The number of rotatable bonds is 7. The van der Waals surface area contributed by atoms with E-state index in [0.717, 1.165) is 11.1 Å². The summed E-state index contributed by atoms with van der Waals surface area (Å²) in [5.41, 5.74) is 1.68. The largest absolute Gasteiger partial charge is 0.456 e. The van der Waals surface area contributed by atoms with Gasteiger partial charge in [0.2, 0.25) is 0 Å². The quantitative estimate of drug-likeness (QED) is 0.172. The van der Waals surface area contributed by atoms with E-state index >= 15 is 0 Å². The Morgan fingerprint density at radius 2 is 1.94 bits per heavy atom. The Bertz CT molecular complexity index is 1530. The molecule has 1 spiro atoms. The number of carbonyl (C=O) groups excluding carboxylic acids is 3. The van der Waals surface area contributed by atoms with Gasteiger partial charge in [-0.15, -0.1) is 0 Å². The van der Waals surface area contributed by atoms with Crippen molar-refractivity contribution in [3.05, 3.63) is 83.0 Å². The molecule has 1 unspecified atom stereocenters. The van der Waals surface area contributed by atoms with Crippen LogP contribution in [-0.2, 0) is 38.6 Å². The molecule has 5 aliphatic rings. The minimum Gasteiger partial charge on any atom is -0.456 e. The van der Waals surface area contributed by atoms with E-state index in [1.54, 1.807) is 25.1 Å². The summed E-state index contributed by atoms with van der Waals surface area (Å²) in [6.07, 6.45) is 7.80. The highest BCUT2D eigenvalue weighted by Crippen LogP contribution is 2.61. The van der Waals surface area contributed by atoms with Crippen LogP contribution in [0.3, 0.4) is 0 Å². The number of aliphatic hydroxyl groups is 1. The molecule has 2 heterocycles. The van der Waals surface area contributed by atoms with Gasteiger partial charge in [-0.1, -0.05) is 84.4 Å². The predicted octanol–water partition coefficient (Wildman–Crippen LogP) is 5.40. The number of alkyl halides is 1. The molecule has 2 fully saturated rings. The molecule has 1 aromatic carbocycles. The summed E-state index contributed by atoms with van der Waals surface area (Å²) in [6.45, 7) is 7.52. The van der Waals surface area contributed by atoms with Crippen molar-refractivity contribution in [3.8, 4) is 0 Å². The maximum atomic E-state index is 13.7.